The molecule has 3 aromatic rings. The molecule has 21 heavy (non-hydrogen) atoms. The van der Waals surface area contributed by atoms with Crippen molar-refractivity contribution in [3.8, 4) is 11.3 Å². The number of hydrogen-bond donors (Lipinski definition) is 1. The molecule has 0 atom stereocenters. The molecule has 106 valence electrons. The molecule has 1 aromatic carbocycles. The van der Waals surface area contributed by atoms with Gasteiger partial charge in [-0.05, 0) is 18.5 Å². The van der Waals surface area contributed by atoms with Crippen LogP contribution >= 0.6 is 23.3 Å². The third-order valence-electron chi connectivity index (χ3n) is 2.90. The Labute approximate surface area is 129 Å². The maximum atomic E-state index is 10.9. The molecule has 3 rings (SSSR count). The van der Waals surface area contributed by atoms with E-state index in [1.807, 2.05) is 31.2 Å². The topological polar surface area (TPSA) is 81.8 Å². The predicted molar refractivity (Wildman–Crippen MR) is 85.3 cm³/mol. The quantitative estimate of drug-likeness (QED) is 0.591. The van der Waals surface area contributed by atoms with Crippen LogP contribution in [0.25, 0.3) is 21.5 Å². The SMILES string of the molecule is Cc1ccc(-c2nsc3c(SCC(N)=O)ncnc23)cc1. The molecule has 2 N–H and O–H groups in total. The molecule has 5 nitrogen and oxygen atoms in total. The van der Waals surface area contributed by atoms with Gasteiger partial charge in [0.1, 0.15) is 27.3 Å². The highest BCUT2D eigenvalue weighted by atomic mass is 32.2. The second-order valence-corrected chi connectivity index (χ2v) is 6.25. The van der Waals surface area contributed by atoms with Crippen molar-refractivity contribution >= 4 is 39.4 Å². The van der Waals surface area contributed by atoms with Crippen molar-refractivity contribution in [3.63, 3.8) is 0 Å². The van der Waals surface area contributed by atoms with Gasteiger partial charge in [-0.3, -0.25) is 4.79 Å². The van der Waals surface area contributed by atoms with Crippen molar-refractivity contribution in [1.29, 1.82) is 0 Å². The summed E-state index contributed by atoms with van der Waals surface area (Å²) >= 11 is 2.66. The summed E-state index contributed by atoms with van der Waals surface area (Å²) in [5.41, 5.74) is 9.06. The molecule has 2 heterocycles. The Morgan fingerprint density at radius 3 is 2.76 bits per heavy atom. The molecule has 0 saturated carbocycles. The Bertz CT molecular complexity index is 798. The van der Waals surface area contributed by atoms with Crippen molar-refractivity contribution in [2.24, 2.45) is 5.73 Å². The summed E-state index contributed by atoms with van der Waals surface area (Å²) in [5.74, 6) is -0.167. The van der Waals surface area contributed by atoms with Gasteiger partial charge in [-0.15, -0.1) is 0 Å². The fourth-order valence-corrected chi connectivity index (χ4v) is 3.54. The Kier molecular flexibility index (Phi) is 3.85. The highest BCUT2D eigenvalue weighted by Crippen LogP contribution is 2.34. The molecule has 0 spiro atoms. The summed E-state index contributed by atoms with van der Waals surface area (Å²) in [6.07, 6.45) is 1.50. The number of nitrogens with zero attached hydrogens (tertiary/aromatic N) is 3. The maximum Gasteiger partial charge on any atom is 0.227 e. The third-order valence-corrected chi connectivity index (χ3v) is 4.88. The Hall–Kier alpha value is -1.99. The average Bonchev–Trinajstić information content (AvgIpc) is 2.90. The van der Waals surface area contributed by atoms with Gasteiger partial charge in [0.05, 0.1) is 5.75 Å². The lowest BCUT2D eigenvalue weighted by Gasteiger charge is -2.00. The van der Waals surface area contributed by atoms with Crippen molar-refractivity contribution in [2.75, 3.05) is 5.75 Å². The molecule has 0 saturated heterocycles. The Balaban J connectivity index is 2.04. The molecule has 0 aliphatic rings. The van der Waals surface area contributed by atoms with Crippen LogP contribution in [0, 0.1) is 6.92 Å². The van der Waals surface area contributed by atoms with Crippen LogP contribution in [-0.2, 0) is 4.79 Å². The first-order valence-corrected chi connectivity index (χ1v) is 7.99. The second-order valence-electron chi connectivity index (χ2n) is 4.51. The van der Waals surface area contributed by atoms with E-state index in [2.05, 4.69) is 14.3 Å². The summed E-state index contributed by atoms with van der Waals surface area (Å²) in [4.78, 5) is 19.5. The van der Waals surface area contributed by atoms with Crippen LogP contribution < -0.4 is 5.73 Å². The van der Waals surface area contributed by atoms with Crippen LogP contribution in [0.3, 0.4) is 0 Å². The van der Waals surface area contributed by atoms with E-state index in [-0.39, 0.29) is 11.7 Å². The number of hydrogen-bond acceptors (Lipinski definition) is 6. The van der Waals surface area contributed by atoms with Crippen LogP contribution in [-0.4, -0.2) is 26.0 Å². The van der Waals surface area contributed by atoms with Crippen LogP contribution in [0.2, 0.25) is 0 Å². The average molecular weight is 316 g/mol. The fraction of sp³-hybridized carbons (Fsp3) is 0.143. The van der Waals surface area contributed by atoms with Crippen LogP contribution in [0.1, 0.15) is 5.56 Å². The number of nitrogens with two attached hydrogens (primary N) is 1. The first-order valence-electron chi connectivity index (χ1n) is 6.23. The number of aryl methyl sites for hydroxylation is 1. The van der Waals surface area contributed by atoms with Gasteiger partial charge in [-0.1, -0.05) is 41.6 Å². The zero-order valence-corrected chi connectivity index (χ0v) is 12.9. The normalized spacial score (nSPS) is 10.9. The summed E-state index contributed by atoms with van der Waals surface area (Å²) in [6, 6.07) is 8.15. The smallest absolute Gasteiger partial charge is 0.227 e. The lowest BCUT2D eigenvalue weighted by Crippen LogP contribution is -2.13. The van der Waals surface area contributed by atoms with Gasteiger partial charge in [-0.2, -0.15) is 4.37 Å². The van der Waals surface area contributed by atoms with Gasteiger partial charge >= 0.3 is 0 Å². The minimum atomic E-state index is -0.366. The summed E-state index contributed by atoms with van der Waals surface area (Å²) < 4.78 is 5.38. The number of primary amides is 1. The molecular formula is C14H12N4OS2. The van der Waals surface area contributed by atoms with Crippen LogP contribution in [0.4, 0.5) is 0 Å². The van der Waals surface area contributed by atoms with Gasteiger partial charge in [0.15, 0.2) is 0 Å². The summed E-state index contributed by atoms with van der Waals surface area (Å²) in [5, 5.41) is 0.745. The number of rotatable bonds is 4. The van der Waals surface area contributed by atoms with Gasteiger partial charge < -0.3 is 5.73 Å². The molecule has 0 aliphatic carbocycles. The fourth-order valence-electron chi connectivity index (χ4n) is 1.89. The number of fused-ring (bicyclic) bond motifs is 1. The van der Waals surface area contributed by atoms with E-state index in [4.69, 9.17) is 5.73 Å². The Morgan fingerprint density at radius 2 is 2.05 bits per heavy atom. The monoisotopic (exact) mass is 316 g/mol. The van der Waals surface area contributed by atoms with Crippen molar-refractivity contribution in [1.82, 2.24) is 14.3 Å². The van der Waals surface area contributed by atoms with E-state index < -0.39 is 0 Å². The minimum Gasteiger partial charge on any atom is -0.369 e. The summed E-state index contributed by atoms with van der Waals surface area (Å²) in [7, 11) is 0. The van der Waals surface area contributed by atoms with Crippen LogP contribution in [0.5, 0.6) is 0 Å². The van der Waals surface area contributed by atoms with E-state index in [1.165, 1.54) is 35.2 Å². The molecule has 0 bridgehead atoms. The lowest BCUT2D eigenvalue weighted by atomic mass is 10.1. The zero-order chi connectivity index (χ0) is 14.8. The molecule has 2 aromatic heterocycles. The Morgan fingerprint density at radius 1 is 1.29 bits per heavy atom. The largest absolute Gasteiger partial charge is 0.369 e. The minimum absolute atomic E-state index is 0.198. The molecule has 0 aliphatic heterocycles. The van der Waals surface area contributed by atoms with Crippen molar-refractivity contribution < 1.29 is 4.79 Å². The zero-order valence-electron chi connectivity index (χ0n) is 11.2. The molecule has 7 heteroatoms. The van der Waals surface area contributed by atoms with E-state index in [0.717, 1.165) is 26.5 Å². The molecular weight excluding hydrogens is 304 g/mol. The maximum absolute atomic E-state index is 10.9. The number of amides is 1. The highest BCUT2D eigenvalue weighted by molar-refractivity contribution is 8.00. The van der Waals surface area contributed by atoms with E-state index in [0.29, 0.717) is 0 Å². The second kappa shape index (κ2) is 5.79. The first kappa shape index (κ1) is 14.0. The molecule has 0 unspecified atom stereocenters. The number of carbonyl (C=O) groups is 1. The van der Waals surface area contributed by atoms with Gasteiger partial charge in [0.2, 0.25) is 5.91 Å². The lowest BCUT2D eigenvalue weighted by molar-refractivity contribution is -0.115. The standard InChI is InChI=1S/C14H12N4OS2/c1-8-2-4-9(5-3-8)11-12-13(21-18-11)14(17-7-16-12)20-6-10(15)19/h2-5,7H,6H2,1H3,(H2,15,19). The molecule has 1 amide bonds. The molecule has 0 radical (unpaired) electrons. The van der Waals surface area contributed by atoms with Crippen molar-refractivity contribution in [2.45, 2.75) is 11.9 Å². The highest BCUT2D eigenvalue weighted by Gasteiger charge is 2.14. The van der Waals surface area contributed by atoms with E-state index >= 15 is 0 Å². The third kappa shape index (κ3) is 2.88. The van der Waals surface area contributed by atoms with Crippen LogP contribution in [0.15, 0.2) is 35.6 Å². The number of carbonyl (C=O) groups excluding carboxylic acids is 1. The van der Waals surface area contributed by atoms with Gasteiger partial charge in [-0.25, -0.2) is 9.97 Å². The first-order chi connectivity index (χ1) is 10.1. The predicted octanol–water partition coefficient (Wildman–Crippen LogP) is 2.64. The van der Waals surface area contributed by atoms with Gasteiger partial charge in [0, 0.05) is 5.56 Å². The number of benzene rings is 1. The number of thioether (sulfide) groups is 1. The summed E-state index contributed by atoms with van der Waals surface area (Å²) in [6.45, 7) is 2.05. The van der Waals surface area contributed by atoms with Gasteiger partial charge in [0.25, 0.3) is 0 Å². The number of aromatic nitrogens is 3. The van der Waals surface area contributed by atoms with E-state index in [1.54, 1.807) is 0 Å². The van der Waals surface area contributed by atoms with E-state index in [9.17, 15) is 4.79 Å². The van der Waals surface area contributed by atoms with Crippen molar-refractivity contribution in [3.05, 3.63) is 36.2 Å². The molecule has 0 fully saturated rings.